The molecule has 0 atom stereocenters. The van der Waals surface area contributed by atoms with Gasteiger partial charge in [0.05, 0.1) is 52.7 Å². The van der Waals surface area contributed by atoms with Crippen molar-refractivity contribution >= 4 is 70.9 Å². The number of rotatable bonds is 28. The molecule has 0 saturated carbocycles. The van der Waals surface area contributed by atoms with Gasteiger partial charge in [-0.25, -0.2) is 4.79 Å². The number of nitrogens with two attached hydrogens (primary N) is 1. The molecule has 26 heteroatoms. The number of nitrogens with one attached hydrogen (secondary N) is 1. The van der Waals surface area contributed by atoms with Gasteiger partial charge in [0.1, 0.15) is 0 Å². The summed E-state index contributed by atoms with van der Waals surface area (Å²) in [5.41, 5.74) is 5.14. The minimum absolute atomic E-state index is 0.0225. The lowest BCUT2D eigenvalue weighted by molar-refractivity contribution is -0.198. The summed E-state index contributed by atoms with van der Waals surface area (Å²) in [5, 5.41) is 3.13. The number of nitrogens with zero attached hydrogens (tertiary/aromatic N) is 7. The maximum Gasteiger partial charge on any atom is 0.347 e. The SMILES string of the molecule is COCCOCCN.COCCOCCNC(=O)CN(CCN1C(=O)C=CC1=O)CCN1C(=O)C=CC1=O.O=C(CN(CCN1C(=O)C=CC1=O)CCN1C(=O)C=CC1=O)ON1C(=O)CCC1=O. The fraction of sp³-hybridized carbons (Fsp3) is 0.524. The van der Waals surface area contributed by atoms with Gasteiger partial charge >= 0.3 is 5.97 Å². The van der Waals surface area contributed by atoms with Crippen LogP contribution in [-0.2, 0) is 81.3 Å². The molecule has 1 saturated heterocycles. The molecule has 0 spiro atoms. The highest BCUT2D eigenvalue weighted by atomic mass is 16.7. The third-order valence-corrected chi connectivity index (χ3v) is 9.77. The Morgan fingerprint density at radius 1 is 0.515 bits per heavy atom. The third kappa shape index (κ3) is 18.9. The zero-order chi connectivity index (χ0) is 50.0. The van der Waals surface area contributed by atoms with E-state index in [4.69, 9.17) is 29.5 Å². The van der Waals surface area contributed by atoms with Crippen molar-refractivity contribution in [1.29, 1.82) is 0 Å². The molecule has 1 fully saturated rings. The van der Waals surface area contributed by atoms with Crippen LogP contribution in [0, 0.1) is 0 Å². The van der Waals surface area contributed by atoms with Crippen molar-refractivity contribution in [2.75, 3.05) is 132 Å². The van der Waals surface area contributed by atoms with Crippen LogP contribution in [0.15, 0.2) is 48.6 Å². The van der Waals surface area contributed by atoms with Gasteiger partial charge in [0.15, 0.2) is 0 Å². The van der Waals surface area contributed by atoms with Crippen LogP contribution in [-0.4, -0.2) is 238 Å². The van der Waals surface area contributed by atoms with Crippen LogP contribution in [0.4, 0.5) is 0 Å². The van der Waals surface area contributed by atoms with Gasteiger partial charge in [-0.2, -0.15) is 0 Å². The number of hydrogen-bond acceptors (Lipinski definition) is 20. The largest absolute Gasteiger partial charge is 0.382 e. The van der Waals surface area contributed by atoms with E-state index < -0.39 is 71.6 Å². The van der Waals surface area contributed by atoms with Crippen LogP contribution in [0.5, 0.6) is 0 Å². The van der Waals surface area contributed by atoms with Gasteiger partial charge in [0.2, 0.25) is 5.91 Å². The first kappa shape index (κ1) is 55.6. The van der Waals surface area contributed by atoms with E-state index in [2.05, 4.69) is 5.32 Å². The van der Waals surface area contributed by atoms with Crippen molar-refractivity contribution in [1.82, 2.24) is 39.8 Å². The predicted molar refractivity (Wildman–Crippen MR) is 231 cm³/mol. The number of hydrogen-bond donors (Lipinski definition) is 2. The van der Waals surface area contributed by atoms with E-state index in [0.717, 1.165) is 43.9 Å². The van der Waals surface area contributed by atoms with Crippen molar-refractivity contribution < 1.29 is 81.3 Å². The van der Waals surface area contributed by atoms with Gasteiger partial charge in [-0.05, 0) is 0 Å². The molecule has 372 valence electrons. The summed E-state index contributed by atoms with van der Waals surface area (Å²) in [6, 6.07) is 0. The Morgan fingerprint density at radius 3 is 1.19 bits per heavy atom. The molecular formula is C42H57N9O17. The zero-order valence-corrected chi connectivity index (χ0v) is 37.9. The highest BCUT2D eigenvalue weighted by Crippen LogP contribution is 2.13. The fourth-order valence-electron chi connectivity index (χ4n) is 6.18. The number of methoxy groups -OCH3 is 2. The Labute approximate surface area is 391 Å². The van der Waals surface area contributed by atoms with Crippen LogP contribution < -0.4 is 11.1 Å². The summed E-state index contributed by atoms with van der Waals surface area (Å²) in [6.45, 7) is 4.27. The Balaban J connectivity index is 0.000000311. The normalized spacial score (nSPS) is 16.5. The number of imide groups is 5. The van der Waals surface area contributed by atoms with Crippen molar-refractivity contribution in [2.45, 2.75) is 12.8 Å². The third-order valence-electron chi connectivity index (χ3n) is 9.77. The second-order valence-electron chi connectivity index (χ2n) is 14.6. The lowest BCUT2D eigenvalue weighted by atomic mass is 10.3. The summed E-state index contributed by atoms with van der Waals surface area (Å²) in [4.78, 5) is 153. The van der Waals surface area contributed by atoms with E-state index in [1.54, 1.807) is 19.1 Å². The van der Waals surface area contributed by atoms with Crippen LogP contribution in [0.2, 0.25) is 0 Å². The number of amides is 11. The van der Waals surface area contributed by atoms with E-state index in [1.807, 2.05) is 0 Å². The van der Waals surface area contributed by atoms with E-state index in [9.17, 15) is 57.5 Å². The Hall–Kier alpha value is -6.68. The molecule has 11 amide bonds. The molecule has 68 heavy (non-hydrogen) atoms. The molecule has 0 aromatic carbocycles. The zero-order valence-electron chi connectivity index (χ0n) is 37.9. The van der Waals surface area contributed by atoms with Crippen molar-refractivity contribution in [3.8, 4) is 0 Å². The standard InChI is InChI=1S/C19H26N4O7.C18H18N4O8.C5H13NO2/c1-29-12-13-30-11-6-20-15(24)14-21(7-9-22-16(25)2-3-17(22)26)8-10-23-18(27)4-5-19(23)28;23-12-1-2-13(24)20(12)9-7-19(8-10-21-14(25)3-4-15(21)26)11-18(29)30-22-16(27)5-6-17(22)28;1-7-4-5-8-3-2-6/h2-5H,6-14H2,1H3,(H,20,24);1-4H,5-11H2;2-6H2,1H3. The number of carbonyl (C=O) groups excluding carboxylic acids is 12. The number of ether oxygens (including phenoxy) is 4. The molecule has 26 nitrogen and oxygen atoms in total. The van der Waals surface area contributed by atoms with Crippen LogP contribution in [0.25, 0.3) is 0 Å². The van der Waals surface area contributed by atoms with Gasteiger partial charge in [-0.1, -0.05) is 0 Å². The monoisotopic (exact) mass is 959 g/mol. The molecule has 5 rings (SSSR count). The number of hydroxylamine groups is 2. The van der Waals surface area contributed by atoms with Crippen molar-refractivity contribution in [2.24, 2.45) is 5.73 Å². The molecule has 0 aromatic heterocycles. The lowest BCUT2D eigenvalue weighted by Gasteiger charge is -2.26. The highest BCUT2D eigenvalue weighted by Gasteiger charge is 2.34. The van der Waals surface area contributed by atoms with Crippen molar-refractivity contribution in [3.63, 3.8) is 0 Å². The molecule has 0 unspecified atom stereocenters. The highest BCUT2D eigenvalue weighted by molar-refractivity contribution is 6.14. The second-order valence-corrected chi connectivity index (χ2v) is 14.6. The molecule has 5 aliphatic heterocycles. The molecule has 0 radical (unpaired) electrons. The summed E-state index contributed by atoms with van der Waals surface area (Å²) in [6.07, 6.45) is 9.16. The smallest absolute Gasteiger partial charge is 0.347 e. The van der Waals surface area contributed by atoms with E-state index in [-0.39, 0.29) is 77.7 Å². The topological polar surface area (TPSA) is 312 Å². The average Bonchev–Trinajstić information content (AvgIpc) is 4.10. The Bertz CT molecular complexity index is 1820. The molecule has 0 aromatic rings. The fourth-order valence-corrected chi connectivity index (χ4v) is 6.18. The summed E-state index contributed by atoms with van der Waals surface area (Å²) in [7, 11) is 3.21. The van der Waals surface area contributed by atoms with Gasteiger partial charge in [-0.15, -0.1) is 5.06 Å². The molecule has 5 heterocycles. The predicted octanol–water partition coefficient (Wildman–Crippen LogP) is -4.73. The molecular weight excluding hydrogens is 903 g/mol. The summed E-state index contributed by atoms with van der Waals surface area (Å²) in [5.74, 6) is -6.06. The molecule has 5 aliphatic rings. The molecule has 3 N–H and O–H groups in total. The second kappa shape index (κ2) is 29.9. The van der Waals surface area contributed by atoms with Crippen molar-refractivity contribution in [3.05, 3.63) is 48.6 Å². The van der Waals surface area contributed by atoms with Gasteiger partial charge in [0, 0.05) is 141 Å². The van der Waals surface area contributed by atoms with E-state index in [0.29, 0.717) is 57.8 Å². The first-order valence-electron chi connectivity index (χ1n) is 21.4. The quantitative estimate of drug-likeness (QED) is 0.0550. The maximum atomic E-state index is 12.2. The van der Waals surface area contributed by atoms with Gasteiger partial charge in [-0.3, -0.25) is 82.1 Å². The Morgan fingerprint density at radius 2 is 0.853 bits per heavy atom. The number of carbonyl (C=O) groups is 12. The Kier molecular flexibility index (Phi) is 24.4. The van der Waals surface area contributed by atoms with Gasteiger partial charge < -0.3 is 34.8 Å². The first-order valence-corrected chi connectivity index (χ1v) is 21.4. The average molecular weight is 960 g/mol. The summed E-state index contributed by atoms with van der Waals surface area (Å²) < 4.78 is 19.8. The summed E-state index contributed by atoms with van der Waals surface area (Å²) >= 11 is 0. The van der Waals surface area contributed by atoms with Crippen LogP contribution >= 0.6 is 0 Å². The minimum atomic E-state index is -0.909. The van der Waals surface area contributed by atoms with Crippen LogP contribution in [0.1, 0.15) is 12.8 Å². The van der Waals surface area contributed by atoms with Crippen LogP contribution in [0.3, 0.4) is 0 Å². The molecule has 0 aliphatic carbocycles. The molecule has 0 bridgehead atoms. The van der Waals surface area contributed by atoms with E-state index in [1.165, 1.54) is 29.2 Å². The minimum Gasteiger partial charge on any atom is -0.382 e. The first-order chi connectivity index (χ1) is 32.6. The van der Waals surface area contributed by atoms with Gasteiger partial charge in [0.25, 0.3) is 59.1 Å². The maximum absolute atomic E-state index is 12.2. The lowest BCUT2D eigenvalue weighted by Crippen LogP contribution is -2.46. The van der Waals surface area contributed by atoms with E-state index >= 15 is 0 Å².